The number of fused-ring (bicyclic) bond motifs is 1. The predicted octanol–water partition coefficient (Wildman–Crippen LogP) is 4.42. The van der Waals surface area contributed by atoms with Gasteiger partial charge in [-0.3, -0.25) is 9.10 Å². The average molecular weight is 435 g/mol. The fourth-order valence-electron chi connectivity index (χ4n) is 3.93. The minimum atomic E-state index is -3.90. The molecule has 1 heterocycles. The maximum atomic E-state index is 13.5. The van der Waals surface area contributed by atoms with E-state index in [1.807, 2.05) is 43.3 Å². The second-order valence-electron chi connectivity index (χ2n) is 7.62. The monoisotopic (exact) mass is 434 g/mol. The second kappa shape index (κ2) is 8.94. The molecule has 0 atom stereocenters. The standard InChI is InChI=1S/C25H26N2O3S/c1-2-20-14-16-22(17-15-20)27(31(29,30)23-11-4-3-5-12-23)19-25(28)26-18-8-10-21-9-6-7-13-24(21)26/h3-7,9,11-17H,2,8,10,18-19H2,1H3. The van der Waals surface area contributed by atoms with Crippen LogP contribution in [-0.2, 0) is 27.7 Å². The molecule has 0 radical (unpaired) electrons. The van der Waals surface area contributed by atoms with Crippen molar-refractivity contribution in [2.45, 2.75) is 31.1 Å². The molecule has 3 aromatic carbocycles. The van der Waals surface area contributed by atoms with Gasteiger partial charge in [-0.2, -0.15) is 0 Å². The molecule has 160 valence electrons. The maximum Gasteiger partial charge on any atom is 0.264 e. The highest BCUT2D eigenvalue weighted by atomic mass is 32.2. The first-order chi connectivity index (χ1) is 15.0. The highest BCUT2D eigenvalue weighted by molar-refractivity contribution is 7.92. The summed E-state index contributed by atoms with van der Waals surface area (Å²) in [5, 5.41) is 0. The molecule has 0 spiro atoms. The summed E-state index contributed by atoms with van der Waals surface area (Å²) >= 11 is 0. The van der Waals surface area contributed by atoms with Crippen LogP contribution in [0, 0.1) is 0 Å². The number of nitrogens with zero attached hydrogens (tertiary/aromatic N) is 2. The SMILES string of the molecule is CCc1ccc(N(CC(=O)N2CCCc3ccccc32)S(=O)(=O)c2ccccc2)cc1. The normalized spacial score (nSPS) is 13.5. The van der Waals surface area contributed by atoms with Gasteiger partial charge in [0.05, 0.1) is 10.6 Å². The molecule has 1 aliphatic heterocycles. The molecule has 0 saturated heterocycles. The molecule has 0 aliphatic carbocycles. The Hall–Kier alpha value is -3.12. The number of hydrogen-bond donors (Lipinski definition) is 0. The van der Waals surface area contributed by atoms with Crippen LogP contribution in [0.2, 0.25) is 0 Å². The van der Waals surface area contributed by atoms with E-state index in [2.05, 4.69) is 0 Å². The molecule has 1 aliphatic rings. The molecule has 6 heteroatoms. The third-order valence-corrected chi connectivity index (χ3v) is 7.44. The quantitative estimate of drug-likeness (QED) is 0.577. The van der Waals surface area contributed by atoms with Crippen molar-refractivity contribution in [2.75, 3.05) is 22.3 Å². The van der Waals surface area contributed by atoms with E-state index >= 15 is 0 Å². The number of carbonyl (C=O) groups excluding carboxylic acids is 1. The Morgan fingerprint density at radius 2 is 1.61 bits per heavy atom. The molecule has 0 fully saturated rings. The Kier molecular flexibility index (Phi) is 6.09. The zero-order valence-electron chi connectivity index (χ0n) is 17.6. The van der Waals surface area contributed by atoms with Gasteiger partial charge < -0.3 is 4.90 Å². The van der Waals surface area contributed by atoms with E-state index in [1.54, 1.807) is 47.4 Å². The molecule has 0 unspecified atom stereocenters. The van der Waals surface area contributed by atoms with Gasteiger partial charge in [-0.05, 0) is 60.7 Å². The van der Waals surface area contributed by atoms with Crippen LogP contribution in [-0.4, -0.2) is 27.4 Å². The number of hydrogen-bond acceptors (Lipinski definition) is 3. The Morgan fingerprint density at radius 3 is 2.32 bits per heavy atom. The summed E-state index contributed by atoms with van der Waals surface area (Å²) in [4.78, 5) is 15.2. The van der Waals surface area contributed by atoms with E-state index < -0.39 is 10.0 Å². The molecule has 4 rings (SSSR count). The van der Waals surface area contributed by atoms with Gasteiger partial charge in [-0.25, -0.2) is 8.42 Å². The third kappa shape index (κ3) is 4.35. The molecular weight excluding hydrogens is 408 g/mol. The number of anilines is 2. The maximum absolute atomic E-state index is 13.5. The van der Waals surface area contributed by atoms with E-state index in [0.717, 1.165) is 36.1 Å². The summed E-state index contributed by atoms with van der Waals surface area (Å²) < 4.78 is 28.2. The van der Waals surface area contributed by atoms with Crippen LogP contribution in [0.15, 0.2) is 83.8 Å². The number of amides is 1. The molecule has 0 aromatic heterocycles. The van der Waals surface area contributed by atoms with Crippen LogP contribution in [0.1, 0.15) is 24.5 Å². The molecular formula is C25H26N2O3S. The van der Waals surface area contributed by atoms with Gasteiger partial charge in [0.2, 0.25) is 5.91 Å². The van der Waals surface area contributed by atoms with Crippen molar-refractivity contribution >= 4 is 27.3 Å². The fourth-order valence-corrected chi connectivity index (χ4v) is 5.37. The number of para-hydroxylation sites is 1. The zero-order chi connectivity index (χ0) is 21.8. The Morgan fingerprint density at radius 1 is 0.935 bits per heavy atom. The molecule has 31 heavy (non-hydrogen) atoms. The topological polar surface area (TPSA) is 57.7 Å². The van der Waals surface area contributed by atoms with E-state index in [0.29, 0.717) is 12.2 Å². The van der Waals surface area contributed by atoms with Gasteiger partial charge in [-0.15, -0.1) is 0 Å². The summed E-state index contributed by atoms with van der Waals surface area (Å²) in [5.74, 6) is -0.230. The van der Waals surface area contributed by atoms with Crippen LogP contribution >= 0.6 is 0 Å². The Labute approximate surface area is 184 Å². The van der Waals surface area contributed by atoms with Crippen molar-refractivity contribution < 1.29 is 13.2 Å². The van der Waals surface area contributed by atoms with Crippen molar-refractivity contribution in [3.8, 4) is 0 Å². The van der Waals surface area contributed by atoms with Gasteiger partial charge in [-0.1, -0.05) is 55.5 Å². The summed E-state index contributed by atoms with van der Waals surface area (Å²) in [6.45, 7) is 2.38. The predicted molar refractivity (Wildman–Crippen MR) is 124 cm³/mol. The van der Waals surface area contributed by atoms with Crippen molar-refractivity contribution in [3.63, 3.8) is 0 Å². The summed E-state index contributed by atoms with van der Waals surface area (Å²) in [6.07, 6.45) is 2.64. The molecule has 5 nitrogen and oxygen atoms in total. The van der Waals surface area contributed by atoms with Crippen LogP contribution in [0.4, 0.5) is 11.4 Å². The van der Waals surface area contributed by atoms with Gasteiger partial charge in [0, 0.05) is 12.2 Å². The summed E-state index contributed by atoms with van der Waals surface area (Å²) in [7, 11) is -3.90. The minimum Gasteiger partial charge on any atom is -0.311 e. The van der Waals surface area contributed by atoms with Crippen LogP contribution in [0.3, 0.4) is 0 Å². The first-order valence-corrected chi connectivity index (χ1v) is 12.0. The van der Waals surface area contributed by atoms with Gasteiger partial charge in [0.25, 0.3) is 10.0 Å². The fraction of sp³-hybridized carbons (Fsp3) is 0.240. The lowest BCUT2D eigenvalue weighted by Crippen LogP contribution is -2.45. The van der Waals surface area contributed by atoms with Gasteiger partial charge in [0.1, 0.15) is 6.54 Å². The lowest BCUT2D eigenvalue weighted by molar-refractivity contribution is -0.117. The lowest BCUT2D eigenvalue weighted by atomic mass is 10.0. The van der Waals surface area contributed by atoms with Crippen molar-refractivity contribution in [2.24, 2.45) is 0 Å². The highest BCUT2D eigenvalue weighted by Gasteiger charge is 2.30. The van der Waals surface area contributed by atoms with Crippen molar-refractivity contribution in [1.29, 1.82) is 0 Å². The van der Waals surface area contributed by atoms with E-state index in [1.165, 1.54) is 4.31 Å². The Balaban J connectivity index is 1.70. The van der Waals surface area contributed by atoms with Crippen molar-refractivity contribution in [1.82, 2.24) is 0 Å². The van der Waals surface area contributed by atoms with E-state index in [-0.39, 0.29) is 17.3 Å². The van der Waals surface area contributed by atoms with Crippen LogP contribution in [0.25, 0.3) is 0 Å². The van der Waals surface area contributed by atoms with Crippen LogP contribution in [0.5, 0.6) is 0 Å². The molecule has 3 aromatic rings. The van der Waals surface area contributed by atoms with Crippen molar-refractivity contribution in [3.05, 3.63) is 90.0 Å². The number of carbonyl (C=O) groups is 1. The third-order valence-electron chi connectivity index (χ3n) is 5.65. The molecule has 0 saturated carbocycles. The van der Waals surface area contributed by atoms with Gasteiger partial charge in [0.15, 0.2) is 0 Å². The summed E-state index contributed by atoms with van der Waals surface area (Å²) in [5.41, 5.74) is 3.58. The first kappa shape index (κ1) is 21.1. The molecule has 1 amide bonds. The number of sulfonamides is 1. The van der Waals surface area contributed by atoms with Gasteiger partial charge >= 0.3 is 0 Å². The Bertz CT molecular complexity index is 1160. The van der Waals surface area contributed by atoms with E-state index in [9.17, 15) is 13.2 Å². The number of benzene rings is 3. The average Bonchev–Trinajstić information content (AvgIpc) is 2.82. The largest absolute Gasteiger partial charge is 0.311 e. The smallest absolute Gasteiger partial charge is 0.264 e. The minimum absolute atomic E-state index is 0.168. The zero-order valence-corrected chi connectivity index (χ0v) is 18.4. The lowest BCUT2D eigenvalue weighted by Gasteiger charge is -2.32. The number of rotatable bonds is 6. The highest BCUT2D eigenvalue weighted by Crippen LogP contribution is 2.29. The van der Waals surface area contributed by atoms with Crippen LogP contribution < -0.4 is 9.21 Å². The molecule has 0 N–H and O–H groups in total. The van der Waals surface area contributed by atoms with E-state index in [4.69, 9.17) is 0 Å². The number of aryl methyl sites for hydroxylation is 2. The second-order valence-corrected chi connectivity index (χ2v) is 9.48. The summed E-state index contributed by atoms with van der Waals surface area (Å²) in [6, 6.07) is 23.5. The molecule has 0 bridgehead atoms. The first-order valence-electron chi connectivity index (χ1n) is 10.6.